The maximum atomic E-state index is 12.4. The number of aromatic nitrogens is 1. The van der Waals surface area contributed by atoms with Crippen molar-refractivity contribution >= 4 is 27.1 Å². The molecule has 3 aliphatic rings. The Kier molecular flexibility index (Phi) is 4.24. The van der Waals surface area contributed by atoms with Gasteiger partial charge in [-0.3, -0.25) is 0 Å². The van der Waals surface area contributed by atoms with Gasteiger partial charge in [-0.25, -0.2) is 18.4 Å². The average molecular weight is 409 g/mol. The molecule has 2 atom stereocenters. The summed E-state index contributed by atoms with van der Waals surface area (Å²) >= 11 is 0. The lowest BCUT2D eigenvalue weighted by atomic mass is 9.82. The van der Waals surface area contributed by atoms with Crippen LogP contribution in [0, 0.1) is 6.92 Å². The van der Waals surface area contributed by atoms with Gasteiger partial charge in [-0.1, -0.05) is 25.1 Å². The Labute approximate surface area is 171 Å². The largest absolute Gasteiger partial charge is 0.369 e. The molecule has 1 aliphatic carbocycles. The van der Waals surface area contributed by atoms with Crippen molar-refractivity contribution in [2.24, 2.45) is 4.99 Å². The van der Waals surface area contributed by atoms with E-state index in [2.05, 4.69) is 21.7 Å². The minimum atomic E-state index is -3.27. The first-order valence-corrected chi connectivity index (χ1v) is 11.7. The van der Waals surface area contributed by atoms with Crippen LogP contribution in [0.1, 0.15) is 42.4 Å². The van der Waals surface area contributed by atoms with E-state index in [4.69, 9.17) is 4.99 Å². The SMILES string of the molecule is CCS(=O)(=O)c1cccc(C2=CN=C(NC3CC3)C3Nc4ncc(C)cc4C23)c1. The van der Waals surface area contributed by atoms with Crippen molar-refractivity contribution in [1.82, 2.24) is 10.3 Å². The molecule has 0 spiro atoms. The summed E-state index contributed by atoms with van der Waals surface area (Å²) in [5, 5.41) is 7.09. The number of fused-ring (bicyclic) bond motifs is 3. The van der Waals surface area contributed by atoms with Gasteiger partial charge in [-0.05, 0) is 48.6 Å². The maximum Gasteiger partial charge on any atom is 0.178 e. The van der Waals surface area contributed by atoms with Gasteiger partial charge in [0.2, 0.25) is 0 Å². The van der Waals surface area contributed by atoms with Crippen LogP contribution in [-0.4, -0.2) is 37.1 Å². The number of aryl methyl sites for hydroxylation is 1. The third-order valence-electron chi connectivity index (χ3n) is 5.82. The molecule has 6 nitrogen and oxygen atoms in total. The number of pyridine rings is 1. The standard InChI is InChI=1S/C22H24N4O2S/c1-3-29(27,28)16-6-4-5-14(10-16)18-12-24-22(25-15-7-8-15)20-19(18)17-9-13(2)11-23-21(17)26-20/h4-6,9-12,15,19-20H,3,7-8H2,1-2H3,(H,23,26)(H,24,25). The smallest absolute Gasteiger partial charge is 0.178 e. The molecule has 7 heteroatoms. The highest BCUT2D eigenvalue weighted by molar-refractivity contribution is 7.91. The fourth-order valence-electron chi connectivity index (χ4n) is 4.09. The Morgan fingerprint density at radius 2 is 2.07 bits per heavy atom. The fraction of sp³-hybridized carbons (Fsp3) is 0.364. The van der Waals surface area contributed by atoms with E-state index in [9.17, 15) is 8.42 Å². The lowest BCUT2D eigenvalue weighted by Gasteiger charge is -2.28. The van der Waals surface area contributed by atoms with Gasteiger partial charge in [0, 0.05) is 29.9 Å². The summed E-state index contributed by atoms with van der Waals surface area (Å²) in [6.45, 7) is 3.71. The van der Waals surface area contributed by atoms with Crippen LogP contribution in [0.2, 0.25) is 0 Å². The number of hydrogen-bond acceptors (Lipinski definition) is 6. The monoisotopic (exact) mass is 408 g/mol. The molecule has 2 unspecified atom stereocenters. The van der Waals surface area contributed by atoms with Crippen molar-refractivity contribution in [3.8, 4) is 0 Å². The Morgan fingerprint density at radius 3 is 2.83 bits per heavy atom. The van der Waals surface area contributed by atoms with E-state index >= 15 is 0 Å². The first-order valence-electron chi connectivity index (χ1n) is 10.1. The molecule has 2 aromatic rings. The molecule has 0 radical (unpaired) electrons. The van der Waals surface area contributed by atoms with E-state index in [1.807, 2.05) is 31.5 Å². The highest BCUT2D eigenvalue weighted by Crippen LogP contribution is 2.46. The van der Waals surface area contributed by atoms with Crippen LogP contribution in [0.15, 0.2) is 52.6 Å². The van der Waals surface area contributed by atoms with E-state index in [1.165, 1.54) is 12.8 Å². The average Bonchev–Trinajstić information content (AvgIpc) is 3.46. The van der Waals surface area contributed by atoms with Gasteiger partial charge < -0.3 is 10.6 Å². The number of nitrogens with zero attached hydrogens (tertiary/aromatic N) is 2. The van der Waals surface area contributed by atoms with Crippen molar-refractivity contribution in [3.63, 3.8) is 0 Å². The number of amidine groups is 1. The molecule has 1 saturated carbocycles. The number of hydrogen-bond donors (Lipinski definition) is 2. The van der Waals surface area contributed by atoms with Gasteiger partial charge in [0.15, 0.2) is 9.84 Å². The summed E-state index contributed by atoms with van der Waals surface area (Å²) in [6, 6.07) is 9.87. The summed E-state index contributed by atoms with van der Waals surface area (Å²) in [4.78, 5) is 9.68. The number of anilines is 1. The van der Waals surface area contributed by atoms with Crippen molar-refractivity contribution in [3.05, 3.63) is 59.4 Å². The fourth-order valence-corrected chi connectivity index (χ4v) is 5.01. The molecule has 29 heavy (non-hydrogen) atoms. The van der Waals surface area contributed by atoms with Crippen LogP contribution < -0.4 is 10.6 Å². The molecule has 0 amide bonds. The second kappa shape index (κ2) is 6.69. The van der Waals surface area contributed by atoms with Crippen LogP contribution in [-0.2, 0) is 9.84 Å². The van der Waals surface area contributed by atoms with E-state index < -0.39 is 9.84 Å². The van der Waals surface area contributed by atoms with Crippen molar-refractivity contribution in [2.45, 2.75) is 49.6 Å². The maximum absolute atomic E-state index is 12.4. The number of benzene rings is 1. The Balaban J connectivity index is 1.62. The van der Waals surface area contributed by atoms with E-state index in [0.29, 0.717) is 10.9 Å². The highest BCUT2D eigenvalue weighted by atomic mass is 32.2. The highest BCUT2D eigenvalue weighted by Gasteiger charge is 2.42. The summed E-state index contributed by atoms with van der Waals surface area (Å²) in [5.74, 6) is 1.94. The number of sulfone groups is 1. The lowest BCUT2D eigenvalue weighted by Crippen LogP contribution is -2.43. The predicted octanol–water partition coefficient (Wildman–Crippen LogP) is 3.27. The summed E-state index contributed by atoms with van der Waals surface area (Å²) in [6.07, 6.45) is 6.11. The third-order valence-corrected chi connectivity index (χ3v) is 7.56. The Bertz CT molecular complexity index is 1150. The Morgan fingerprint density at radius 1 is 1.24 bits per heavy atom. The second-order valence-electron chi connectivity index (χ2n) is 8.00. The molecule has 5 rings (SSSR count). The molecule has 150 valence electrons. The quantitative estimate of drug-likeness (QED) is 0.811. The van der Waals surface area contributed by atoms with E-state index in [1.54, 1.807) is 19.1 Å². The zero-order valence-corrected chi connectivity index (χ0v) is 17.3. The topological polar surface area (TPSA) is 83.5 Å². The molecule has 1 aromatic heterocycles. The van der Waals surface area contributed by atoms with Gasteiger partial charge in [0.1, 0.15) is 11.7 Å². The van der Waals surface area contributed by atoms with Crippen LogP contribution in [0.3, 0.4) is 0 Å². The molecule has 1 aromatic carbocycles. The molecular formula is C22H24N4O2S. The van der Waals surface area contributed by atoms with Gasteiger partial charge in [0.05, 0.1) is 16.7 Å². The first-order chi connectivity index (χ1) is 14.0. The van der Waals surface area contributed by atoms with Crippen LogP contribution >= 0.6 is 0 Å². The molecule has 0 bridgehead atoms. The summed E-state index contributed by atoms with van der Waals surface area (Å²) < 4.78 is 24.8. The zero-order chi connectivity index (χ0) is 20.2. The molecule has 2 aliphatic heterocycles. The molecular weight excluding hydrogens is 384 g/mol. The van der Waals surface area contributed by atoms with Crippen molar-refractivity contribution < 1.29 is 8.42 Å². The number of aliphatic imine (C=N–C) groups is 1. The Hall–Kier alpha value is -2.67. The minimum absolute atomic E-state index is 0.0219. The van der Waals surface area contributed by atoms with Crippen molar-refractivity contribution in [2.75, 3.05) is 11.1 Å². The molecule has 0 saturated heterocycles. The van der Waals surface area contributed by atoms with Gasteiger partial charge >= 0.3 is 0 Å². The van der Waals surface area contributed by atoms with E-state index in [0.717, 1.165) is 33.9 Å². The van der Waals surface area contributed by atoms with Crippen LogP contribution in [0.25, 0.3) is 5.57 Å². The predicted molar refractivity (Wildman–Crippen MR) is 115 cm³/mol. The third kappa shape index (κ3) is 3.23. The molecule has 1 fully saturated rings. The molecule has 2 N–H and O–H groups in total. The first kappa shape index (κ1) is 18.4. The summed E-state index contributed by atoms with van der Waals surface area (Å²) in [7, 11) is -3.27. The summed E-state index contributed by atoms with van der Waals surface area (Å²) in [5.41, 5.74) is 4.14. The van der Waals surface area contributed by atoms with Gasteiger partial charge in [0.25, 0.3) is 0 Å². The van der Waals surface area contributed by atoms with Gasteiger partial charge in [-0.15, -0.1) is 0 Å². The van der Waals surface area contributed by atoms with Gasteiger partial charge in [-0.2, -0.15) is 0 Å². The van der Waals surface area contributed by atoms with Crippen LogP contribution in [0.5, 0.6) is 0 Å². The molecule has 3 heterocycles. The van der Waals surface area contributed by atoms with E-state index in [-0.39, 0.29) is 17.7 Å². The normalized spacial score (nSPS) is 22.8. The zero-order valence-electron chi connectivity index (χ0n) is 16.5. The van der Waals surface area contributed by atoms with Crippen LogP contribution in [0.4, 0.5) is 5.82 Å². The number of nitrogens with one attached hydrogen (secondary N) is 2. The minimum Gasteiger partial charge on any atom is -0.369 e. The van der Waals surface area contributed by atoms with Crippen molar-refractivity contribution in [1.29, 1.82) is 0 Å². The second-order valence-corrected chi connectivity index (χ2v) is 10.3. The number of rotatable bonds is 4. The lowest BCUT2D eigenvalue weighted by molar-refractivity contribution is 0.597.